The van der Waals surface area contributed by atoms with E-state index in [1.54, 1.807) is 12.1 Å². The van der Waals surface area contributed by atoms with Crippen LogP contribution in [-0.2, 0) is 12.8 Å². The molecule has 0 spiro atoms. The Morgan fingerprint density at radius 1 is 0.750 bits per heavy atom. The molecule has 1 aromatic rings. The third-order valence-corrected chi connectivity index (χ3v) is 6.55. The molecular formula is C26H44O2. The number of phenolic OH excluding ortho intramolecular Hbond substituents is 2. The SMILES string of the molecule is CC(C)(C)CCCCCCc1c(O)ccc(O)c1CCCCCCC1(C)CC1. The summed E-state index contributed by atoms with van der Waals surface area (Å²) < 4.78 is 0. The zero-order valence-electron chi connectivity index (χ0n) is 18.9. The summed E-state index contributed by atoms with van der Waals surface area (Å²) in [5.74, 6) is 0.732. The van der Waals surface area contributed by atoms with E-state index in [1.165, 1.54) is 64.2 Å². The van der Waals surface area contributed by atoms with E-state index in [0.717, 1.165) is 36.8 Å². The molecule has 160 valence electrons. The summed E-state index contributed by atoms with van der Waals surface area (Å²) in [5, 5.41) is 20.7. The Morgan fingerprint density at radius 3 is 1.68 bits per heavy atom. The predicted molar refractivity (Wildman–Crippen MR) is 120 cm³/mol. The van der Waals surface area contributed by atoms with Gasteiger partial charge < -0.3 is 10.2 Å². The normalized spacial score (nSPS) is 15.7. The molecule has 0 amide bonds. The van der Waals surface area contributed by atoms with Crippen molar-refractivity contribution in [2.24, 2.45) is 10.8 Å². The number of hydrogen-bond acceptors (Lipinski definition) is 2. The van der Waals surface area contributed by atoms with Crippen LogP contribution in [0.5, 0.6) is 11.5 Å². The van der Waals surface area contributed by atoms with Crippen molar-refractivity contribution in [2.75, 3.05) is 0 Å². The molecule has 1 fully saturated rings. The minimum atomic E-state index is 0.365. The van der Waals surface area contributed by atoms with Crippen molar-refractivity contribution in [1.29, 1.82) is 0 Å². The van der Waals surface area contributed by atoms with Crippen LogP contribution in [0.1, 0.15) is 116 Å². The molecule has 0 radical (unpaired) electrons. The van der Waals surface area contributed by atoms with Gasteiger partial charge in [-0.25, -0.2) is 0 Å². The number of aromatic hydroxyl groups is 2. The second kappa shape index (κ2) is 10.6. The molecule has 28 heavy (non-hydrogen) atoms. The Kier molecular flexibility index (Phi) is 8.71. The zero-order valence-corrected chi connectivity index (χ0v) is 18.9. The summed E-state index contributed by atoms with van der Waals surface area (Å²) in [6.07, 6.45) is 17.0. The Labute approximate surface area is 173 Å². The first-order valence-corrected chi connectivity index (χ1v) is 11.7. The van der Waals surface area contributed by atoms with Gasteiger partial charge in [0.15, 0.2) is 0 Å². The van der Waals surface area contributed by atoms with Crippen LogP contribution in [0.15, 0.2) is 12.1 Å². The molecule has 2 nitrogen and oxygen atoms in total. The van der Waals surface area contributed by atoms with E-state index in [9.17, 15) is 10.2 Å². The van der Waals surface area contributed by atoms with E-state index in [4.69, 9.17) is 0 Å². The van der Waals surface area contributed by atoms with E-state index >= 15 is 0 Å². The summed E-state index contributed by atoms with van der Waals surface area (Å²) in [6, 6.07) is 3.32. The average molecular weight is 389 g/mol. The van der Waals surface area contributed by atoms with Gasteiger partial charge in [0.2, 0.25) is 0 Å². The van der Waals surface area contributed by atoms with Gasteiger partial charge in [-0.3, -0.25) is 0 Å². The first-order chi connectivity index (χ1) is 13.2. The molecular weight excluding hydrogens is 344 g/mol. The van der Waals surface area contributed by atoms with Crippen molar-refractivity contribution >= 4 is 0 Å². The maximum absolute atomic E-state index is 10.4. The first kappa shape index (κ1) is 23.1. The van der Waals surface area contributed by atoms with Crippen molar-refractivity contribution in [3.63, 3.8) is 0 Å². The summed E-state index contributed by atoms with van der Waals surface area (Å²) in [6.45, 7) is 9.32. The highest BCUT2D eigenvalue weighted by atomic mass is 16.3. The highest BCUT2D eigenvalue weighted by Gasteiger charge is 2.35. The second-order valence-corrected chi connectivity index (χ2v) is 10.8. The number of hydrogen-bond donors (Lipinski definition) is 2. The van der Waals surface area contributed by atoms with Gasteiger partial charge in [-0.1, -0.05) is 66.2 Å². The van der Waals surface area contributed by atoms with Gasteiger partial charge >= 0.3 is 0 Å². The highest BCUT2D eigenvalue weighted by Crippen LogP contribution is 2.49. The number of rotatable bonds is 13. The summed E-state index contributed by atoms with van der Waals surface area (Å²) >= 11 is 0. The zero-order chi connectivity index (χ0) is 20.6. The van der Waals surface area contributed by atoms with Crippen molar-refractivity contribution in [3.05, 3.63) is 23.3 Å². The fourth-order valence-corrected chi connectivity index (χ4v) is 4.21. The molecule has 1 aliphatic carbocycles. The lowest BCUT2D eigenvalue weighted by Gasteiger charge is -2.17. The van der Waals surface area contributed by atoms with Gasteiger partial charge in [0.25, 0.3) is 0 Å². The van der Waals surface area contributed by atoms with Crippen LogP contribution >= 0.6 is 0 Å². The van der Waals surface area contributed by atoms with Crippen LogP contribution in [0.4, 0.5) is 0 Å². The molecule has 2 N–H and O–H groups in total. The van der Waals surface area contributed by atoms with Crippen molar-refractivity contribution in [3.8, 4) is 11.5 Å². The molecule has 0 bridgehead atoms. The molecule has 2 rings (SSSR count). The van der Waals surface area contributed by atoms with Gasteiger partial charge in [0, 0.05) is 11.1 Å². The molecule has 0 saturated heterocycles. The molecule has 0 heterocycles. The van der Waals surface area contributed by atoms with Gasteiger partial charge in [0.1, 0.15) is 11.5 Å². The standard InChI is InChI=1S/C26H44O2/c1-25(2,3)17-11-7-5-9-13-21-22(24(28)16-15-23(21)27)14-10-6-8-12-18-26(4)19-20-26/h15-16,27-28H,5-14,17-20H2,1-4H3. The minimum absolute atomic E-state index is 0.365. The molecule has 1 aliphatic rings. The summed E-state index contributed by atoms with van der Waals surface area (Å²) in [4.78, 5) is 0. The number of unbranched alkanes of at least 4 members (excludes halogenated alkanes) is 6. The van der Waals surface area contributed by atoms with E-state index < -0.39 is 0 Å². The van der Waals surface area contributed by atoms with Gasteiger partial charge in [-0.05, 0) is 74.3 Å². The molecule has 0 aromatic heterocycles. The van der Waals surface area contributed by atoms with Gasteiger partial charge in [0.05, 0.1) is 0 Å². The number of benzene rings is 1. The van der Waals surface area contributed by atoms with Crippen LogP contribution in [0.3, 0.4) is 0 Å². The van der Waals surface area contributed by atoms with Gasteiger partial charge in [-0.15, -0.1) is 0 Å². The quantitative estimate of drug-likeness (QED) is 0.266. The lowest BCUT2D eigenvalue weighted by molar-refractivity contribution is 0.357. The van der Waals surface area contributed by atoms with Gasteiger partial charge in [-0.2, -0.15) is 0 Å². The Bertz CT molecular complexity index is 551. The Hall–Kier alpha value is -1.18. The van der Waals surface area contributed by atoms with E-state index in [1.807, 2.05) is 0 Å². The van der Waals surface area contributed by atoms with Crippen molar-refractivity contribution in [1.82, 2.24) is 0 Å². The monoisotopic (exact) mass is 388 g/mol. The first-order valence-electron chi connectivity index (χ1n) is 11.7. The van der Waals surface area contributed by atoms with Crippen LogP contribution in [0.25, 0.3) is 0 Å². The number of phenols is 2. The topological polar surface area (TPSA) is 40.5 Å². The summed E-state index contributed by atoms with van der Waals surface area (Å²) in [5.41, 5.74) is 3.07. The van der Waals surface area contributed by atoms with E-state index in [0.29, 0.717) is 22.3 Å². The van der Waals surface area contributed by atoms with Crippen LogP contribution in [0.2, 0.25) is 0 Å². The molecule has 1 aromatic carbocycles. The van der Waals surface area contributed by atoms with Crippen molar-refractivity contribution in [2.45, 2.75) is 118 Å². The van der Waals surface area contributed by atoms with Crippen LogP contribution < -0.4 is 0 Å². The molecule has 0 aliphatic heterocycles. The Morgan fingerprint density at radius 2 is 1.21 bits per heavy atom. The fourth-order valence-electron chi connectivity index (χ4n) is 4.21. The molecule has 0 unspecified atom stereocenters. The van der Waals surface area contributed by atoms with E-state index in [2.05, 4.69) is 27.7 Å². The third kappa shape index (κ3) is 8.45. The maximum atomic E-state index is 10.4. The lowest BCUT2D eigenvalue weighted by atomic mass is 9.89. The second-order valence-electron chi connectivity index (χ2n) is 10.8. The lowest BCUT2D eigenvalue weighted by Crippen LogP contribution is -2.04. The highest BCUT2D eigenvalue weighted by molar-refractivity contribution is 5.47. The molecule has 0 atom stereocenters. The average Bonchev–Trinajstić information content (AvgIpc) is 3.35. The molecule has 1 saturated carbocycles. The van der Waals surface area contributed by atoms with E-state index in [-0.39, 0.29) is 0 Å². The Balaban J connectivity index is 1.72. The summed E-state index contributed by atoms with van der Waals surface area (Å²) in [7, 11) is 0. The largest absolute Gasteiger partial charge is 0.508 e. The minimum Gasteiger partial charge on any atom is -0.508 e. The van der Waals surface area contributed by atoms with Crippen molar-refractivity contribution < 1.29 is 10.2 Å². The third-order valence-electron chi connectivity index (χ3n) is 6.55. The predicted octanol–water partition coefficient (Wildman–Crippen LogP) is 7.93. The fraction of sp³-hybridized carbons (Fsp3) is 0.769. The smallest absolute Gasteiger partial charge is 0.119 e. The molecule has 2 heteroatoms. The van der Waals surface area contributed by atoms with Crippen LogP contribution in [-0.4, -0.2) is 10.2 Å². The van der Waals surface area contributed by atoms with Crippen LogP contribution in [0, 0.1) is 10.8 Å². The maximum Gasteiger partial charge on any atom is 0.119 e.